The number of phenols is 1. The highest BCUT2D eigenvalue weighted by Crippen LogP contribution is 2.33. The zero-order valence-electron chi connectivity index (χ0n) is 24.4. The minimum absolute atomic E-state index is 0.0305. The Balaban J connectivity index is 1.38. The summed E-state index contributed by atoms with van der Waals surface area (Å²) in [7, 11) is 0. The van der Waals surface area contributed by atoms with E-state index in [2.05, 4.69) is 33.2 Å². The summed E-state index contributed by atoms with van der Waals surface area (Å²) >= 11 is 3.29. The van der Waals surface area contributed by atoms with Crippen molar-refractivity contribution in [2.24, 2.45) is 0 Å². The first-order chi connectivity index (χ1) is 19.9. The molecule has 0 unspecified atom stereocenters. The summed E-state index contributed by atoms with van der Waals surface area (Å²) in [6.07, 6.45) is 19.8. The summed E-state index contributed by atoms with van der Waals surface area (Å²) in [5.74, 6) is -1.24. The number of rotatable bonds is 19. The number of hydrogen-bond acceptors (Lipinski definition) is 4. The summed E-state index contributed by atoms with van der Waals surface area (Å²) in [6, 6.07) is 11.8. The maximum atomic E-state index is 12.5. The number of halogens is 1. The molecule has 2 aromatic carbocycles. The van der Waals surface area contributed by atoms with Crippen LogP contribution in [0.2, 0.25) is 0 Å². The monoisotopic (exact) mass is 624 g/mol. The summed E-state index contributed by atoms with van der Waals surface area (Å²) in [5.41, 5.74) is 1.95. The molecule has 0 saturated heterocycles. The molecule has 1 aromatic heterocycles. The molecule has 0 aliphatic rings. The Kier molecular flexibility index (Phi) is 14.1. The van der Waals surface area contributed by atoms with E-state index in [1.165, 1.54) is 95.6 Å². The van der Waals surface area contributed by atoms with E-state index in [9.17, 15) is 19.8 Å². The Hall–Kier alpha value is -2.93. The minimum Gasteiger partial charge on any atom is -0.506 e. The maximum absolute atomic E-state index is 12.5. The van der Waals surface area contributed by atoms with Crippen LogP contribution >= 0.6 is 15.9 Å². The van der Waals surface area contributed by atoms with E-state index in [0.717, 1.165) is 12.8 Å². The highest BCUT2D eigenvalue weighted by Gasteiger charge is 2.16. The molecule has 3 aromatic rings. The first-order valence-corrected chi connectivity index (χ1v) is 16.1. The molecule has 7 heteroatoms. The first kappa shape index (κ1) is 32.6. The molecule has 41 heavy (non-hydrogen) atoms. The fraction of sp³-hybridized carbons (Fsp3) is 0.500. The van der Waals surface area contributed by atoms with Gasteiger partial charge in [-0.3, -0.25) is 4.79 Å². The lowest BCUT2D eigenvalue weighted by atomic mass is 10.0. The zero-order chi connectivity index (χ0) is 29.5. The van der Waals surface area contributed by atoms with Gasteiger partial charge >= 0.3 is 5.97 Å². The summed E-state index contributed by atoms with van der Waals surface area (Å²) in [6.45, 7) is 2.26. The summed E-state index contributed by atoms with van der Waals surface area (Å²) in [4.78, 5) is 29.0. The number of hydrogen-bond donors (Lipinski definition) is 3. The van der Waals surface area contributed by atoms with Crippen LogP contribution in [-0.2, 0) is 4.79 Å². The summed E-state index contributed by atoms with van der Waals surface area (Å²) < 4.78 is 0.568. The second-order valence-corrected chi connectivity index (χ2v) is 11.9. The van der Waals surface area contributed by atoms with Crippen LogP contribution in [0.5, 0.6) is 5.75 Å². The van der Waals surface area contributed by atoms with Crippen molar-refractivity contribution < 1.29 is 19.8 Å². The number of nitrogens with zero attached hydrogens (tertiary/aromatic N) is 1. The second-order valence-electron chi connectivity index (χ2n) is 11.0. The van der Waals surface area contributed by atoms with Gasteiger partial charge < -0.3 is 15.5 Å². The fourth-order valence-corrected chi connectivity index (χ4v) is 5.68. The van der Waals surface area contributed by atoms with Gasteiger partial charge in [0.1, 0.15) is 11.3 Å². The topological polar surface area (TPSA) is 99.5 Å². The molecule has 6 nitrogen and oxygen atoms in total. The molecule has 1 heterocycles. The van der Waals surface area contributed by atoms with Crippen LogP contribution < -0.4 is 5.32 Å². The lowest BCUT2D eigenvalue weighted by molar-refractivity contribution is -0.116. The van der Waals surface area contributed by atoms with Crippen molar-refractivity contribution in [1.29, 1.82) is 0 Å². The van der Waals surface area contributed by atoms with Gasteiger partial charge in [0.25, 0.3) is 0 Å². The number of aromatic hydroxyl groups is 1. The van der Waals surface area contributed by atoms with Crippen molar-refractivity contribution in [1.82, 2.24) is 4.98 Å². The number of pyridine rings is 1. The van der Waals surface area contributed by atoms with Crippen LogP contribution in [0.25, 0.3) is 22.2 Å². The maximum Gasteiger partial charge on any atom is 0.336 e. The van der Waals surface area contributed by atoms with Gasteiger partial charge in [0.15, 0.2) is 0 Å². The van der Waals surface area contributed by atoms with E-state index >= 15 is 0 Å². The lowest BCUT2D eigenvalue weighted by Crippen LogP contribution is -2.11. The van der Waals surface area contributed by atoms with Gasteiger partial charge in [0.05, 0.1) is 11.3 Å². The molecule has 3 N–H and O–H groups in total. The molecule has 3 rings (SSSR count). The molecule has 0 radical (unpaired) electrons. The van der Waals surface area contributed by atoms with Gasteiger partial charge in [-0.25, -0.2) is 9.78 Å². The molecule has 0 saturated carbocycles. The highest BCUT2D eigenvalue weighted by atomic mass is 79.9. The zero-order valence-corrected chi connectivity index (χ0v) is 26.0. The van der Waals surface area contributed by atoms with Gasteiger partial charge in [0.2, 0.25) is 5.91 Å². The number of anilines is 1. The molecule has 222 valence electrons. The van der Waals surface area contributed by atoms with Crippen LogP contribution in [0.1, 0.15) is 120 Å². The largest absolute Gasteiger partial charge is 0.506 e. The number of nitrogens with one attached hydrogen (secondary N) is 1. The van der Waals surface area contributed by atoms with Crippen LogP contribution in [0.3, 0.4) is 0 Å². The van der Waals surface area contributed by atoms with Crippen molar-refractivity contribution in [2.75, 3.05) is 5.32 Å². The number of carbonyl (C=O) groups excluding carboxylic acids is 1. The molecule has 0 bridgehead atoms. The molecule has 0 fully saturated rings. The Morgan fingerprint density at radius 3 is 1.98 bits per heavy atom. The van der Waals surface area contributed by atoms with Gasteiger partial charge in [-0.15, -0.1) is 0 Å². The Morgan fingerprint density at radius 2 is 1.39 bits per heavy atom. The van der Waals surface area contributed by atoms with E-state index in [4.69, 9.17) is 0 Å². The molecular weight excluding hydrogens is 580 g/mol. The SMILES string of the molecule is CCCCCCCCCCCCCCCCCC(=O)Nc1cccc(-c2cc(C(=O)O)c3cc(Br)cc(O)c3n2)c1. The number of aromatic nitrogens is 1. The molecule has 1 amide bonds. The first-order valence-electron chi connectivity index (χ1n) is 15.4. The molecule has 0 atom stereocenters. The van der Waals surface area contributed by atoms with Crippen molar-refractivity contribution in [3.05, 3.63) is 52.5 Å². The van der Waals surface area contributed by atoms with Crippen LogP contribution in [0.4, 0.5) is 5.69 Å². The van der Waals surface area contributed by atoms with Gasteiger partial charge in [-0.2, -0.15) is 0 Å². The standard InChI is InChI=1S/C34H45BrN2O4/c1-2-3-4-5-6-7-8-9-10-11-12-13-14-15-16-20-32(39)36-27-19-17-18-25(21-27)30-24-29(34(40)41)28-22-26(35)23-31(38)33(28)37-30/h17-19,21-24,38H,2-16,20H2,1H3,(H,36,39)(H,40,41). The smallest absolute Gasteiger partial charge is 0.336 e. The van der Waals surface area contributed by atoms with E-state index in [0.29, 0.717) is 33.2 Å². The number of unbranched alkanes of at least 4 members (excludes halogenated alkanes) is 14. The molecular formula is C34H45BrN2O4. The molecule has 0 spiro atoms. The van der Waals surface area contributed by atoms with E-state index < -0.39 is 5.97 Å². The number of carbonyl (C=O) groups is 2. The Bertz CT molecular complexity index is 1280. The average molecular weight is 626 g/mol. The fourth-order valence-electron chi connectivity index (χ4n) is 5.24. The van der Waals surface area contributed by atoms with E-state index in [1.54, 1.807) is 24.3 Å². The number of phenolic OH excluding ortho intramolecular Hbond substituents is 1. The predicted octanol–water partition coefficient (Wildman–Crippen LogP) is 10.3. The normalized spacial score (nSPS) is 11.2. The quantitative estimate of drug-likeness (QED) is 0.115. The number of benzene rings is 2. The van der Waals surface area contributed by atoms with Crippen molar-refractivity contribution in [3.8, 4) is 17.0 Å². The van der Waals surface area contributed by atoms with Crippen LogP contribution in [0, 0.1) is 0 Å². The van der Waals surface area contributed by atoms with E-state index in [-0.39, 0.29) is 22.7 Å². The number of fused-ring (bicyclic) bond motifs is 1. The average Bonchev–Trinajstić information content (AvgIpc) is 2.94. The van der Waals surface area contributed by atoms with Crippen molar-refractivity contribution >= 4 is 44.4 Å². The van der Waals surface area contributed by atoms with Crippen molar-refractivity contribution in [3.63, 3.8) is 0 Å². The highest BCUT2D eigenvalue weighted by molar-refractivity contribution is 9.10. The number of carboxylic acid groups (broad SMARTS) is 1. The Labute approximate surface area is 253 Å². The van der Waals surface area contributed by atoms with Crippen LogP contribution in [0.15, 0.2) is 46.9 Å². The van der Waals surface area contributed by atoms with E-state index in [1.807, 2.05) is 6.07 Å². The third-order valence-electron chi connectivity index (χ3n) is 7.54. The third kappa shape index (κ3) is 11.1. The predicted molar refractivity (Wildman–Crippen MR) is 172 cm³/mol. The van der Waals surface area contributed by atoms with Gasteiger partial charge in [0, 0.05) is 27.5 Å². The number of aromatic carboxylic acids is 1. The molecule has 0 aliphatic heterocycles. The minimum atomic E-state index is -1.11. The lowest BCUT2D eigenvalue weighted by Gasteiger charge is -2.11. The summed E-state index contributed by atoms with van der Waals surface area (Å²) in [5, 5.41) is 23.5. The van der Waals surface area contributed by atoms with Gasteiger partial charge in [-0.1, -0.05) is 125 Å². The number of amides is 1. The van der Waals surface area contributed by atoms with Gasteiger partial charge in [-0.05, 0) is 36.8 Å². The van der Waals surface area contributed by atoms with Crippen molar-refractivity contribution in [2.45, 2.75) is 110 Å². The molecule has 0 aliphatic carbocycles. The van der Waals surface area contributed by atoms with Crippen LogP contribution in [-0.4, -0.2) is 27.1 Å². The third-order valence-corrected chi connectivity index (χ3v) is 8.00. The Morgan fingerprint density at radius 1 is 0.805 bits per heavy atom. The second kappa shape index (κ2) is 17.8. The number of carboxylic acids is 1.